The molecule has 1 atom stereocenters. The third-order valence-electron chi connectivity index (χ3n) is 3.07. The van der Waals surface area contributed by atoms with Gasteiger partial charge in [0.2, 0.25) is 5.91 Å². The van der Waals surface area contributed by atoms with Crippen LogP contribution in [-0.4, -0.2) is 31.2 Å². The van der Waals surface area contributed by atoms with Crippen LogP contribution in [0.2, 0.25) is 0 Å². The van der Waals surface area contributed by atoms with E-state index in [1.54, 1.807) is 19.2 Å². The Bertz CT molecular complexity index is 434. The molecule has 3 N–H and O–H groups in total. The molecule has 1 heterocycles. The summed E-state index contributed by atoms with van der Waals surface area (Å²) < 4.78 is 5.09. The van der Waals surface area contributed by atoms with Gasteiger partial charge in [-0.1, -0.05) is 0 Å². The van der Waals surface area contributed by atoms with Crippen LogP contribution in [0.25, 0.3) is 0 Å². The second kappa shape index (κ2) is 4.53. The first-order valence-electron chi connectivity index (χ1n) is 5.52. The minimum atomic E-state index is -0.264. The molecule has 5 nitrogen and oxygen atoms in total. The van der Waals surface area contributed by atoms with E-state index < -0.39 is 0 Å². The first-order valence-corrected chi connectivity index (χ1v) is 5.52. The maximum absolute atomic E-state index is 11.1. The Morgan fingerprint density at radius 2 is 2.29 bits per heavy atom. The Labute approximate surface area is 99.8 Å². The lowest BCUT2D eigenvalue weighted by atomic mass is 10.1. The highest BCUT2D eigenvalue weighted by atomic mass is 16.5. The summed E-state index contributed by atoms with van der Waals surface area (Å²) in [6.45, 7) is 1.36. The van der Waals surface area contributed by atoms with Crippen molar-refractivity contribution in [2.24, 2.45) is 11.7 Å². The number of carbonyl (C=O) groups excluding carboxylic acids is 1. The van der Waals surface area contributed by atoms with E-state index in [0.717, 1.165) is 18.7 Å². The highest BCUT2D eigenvalue weighted by Gasteiger charge is 2.27. The summed E-state index contributed by atoms with van der Waals surface area (Å²) in [6.07, 6.45) is 0.757. The number of phenolic OH excluding ortho intramolecular Hbond substituents is 1. The van der Waals surface area contributed by atoms with Crippen molar-refractivity contribution in [1.82, 2.24) is 0 Å². The fourth-order valence-corrected chi connectivity index (χ4v) is 2.10. The van der Waals surface area contributed by atoms with E-state index >= 15 is 0 Å². The van der Waals surface area contributed by atoms with E-state index in [9.17, 15) is 9.90 Å². The maximum atomic E-state index is 11.1. The SMILES string of the molecule is COc1cc(O)cc(N2CCC(C(N)=O)C2)c1. The molecular weight excluding hydrogens is 220 g/mol. The molecule has 0 aliphatic carbocycles. The lowest BCUT2D eigenvalue weighted by Crippen LogP contribution is -2.27. The van der Waals surface area contributed by atoms with Crippen molar-refractivity contribution in [3.8, 4) is 11.5 Å². The minimum Gasteiger partial charge on any atom is -0.508 e. The maximum Gasteiger partial charge on any atom is 0.222 e. The molecule has 92 valence electrons. The zero-order chi connectivity index (χ0) is 12.4. The van der Waals surface area contributed by atoms with Crippen molar-refractivity contribution in [2.45, 2.75) is 6.42 Å². The number of hydrogen-bond donors (Lipinski definition) is 2. The molecule has 1 fully saturated rings. The van der Waals surface area contributed by atoms with Crippen LogP contribution in [0.3, 0.4) is 0 Å². The molecule has 0 radical (unpaired) electrons. The fourth-order valence-electron chi connectivity index (χ4n) is 2.10. The van der Waals surface area contributed by atoms with E-state index in [-0.39, 0.29) is 17.6 Å². The number of primary amides is 1. The monoisotopic (exact) mass is 236 g/mol. The molecule has 17 heavy (non-hydrogen) atoms. The predicted molar refractivity (Wildman–Crippen MR) is 64.2 cm³/mol. The van der Waals surface area contributed by atoms with Gasteiger partial charge in [-0.2, -0.15) is 0 Å². The normalized spacial score (nSPS) is 19.4. The van der Waals surface area contributed by atoms with Crippen molar-refractivity contribution in [2.75, 3.05) is 25.1 Å². The average Bonchev–Trinajstić information content (AvgIpc) is 2.77. The van der Waals surface area contributed by atoms with Gasteiger partial charge in [-0.15, -0.1) is 0 Å². The number of benzene rings is 1. The van der Waals surface area contributed by atoms with Gasteiger partial charge in [0.25, 0.3) is 0 Å². The quantitative estimate of drug-likeness (QED) is 0.810. The number of carbonyl (C=O) groups is 1. The van der Waals surface area contributed by atoms with E-state index in [1.807, 2.05) is 11.0 Å². The van der Waals surface area contributed by atoms with E-state index in [1.165, 1.54) is 0 Å². The van der Waals surface area contributed by atoms with Crippen molar-refractivity contribution in [3.05, 3.63) is 18.2 Å². The second-order valence-electron chi connectivity index (χ2n) is 4.22. The molecule has 5 heteroatoms. The predicted octanol–water partition coefficient (Wildman–Crippen LogP) is 0.712. The smallest absolute Gasteiger partial charge is 0.222 e. The third-order valence-corrected chi connectivity index (χ3v) is 3.07. The van der Waals surface area contributed by atoms with Gasteiger partial charge < -0.3 is 20.5 Å². The van der Waals surface area contributed by atoms with E-state index in [0.29, 0.717) is 12.3 Å². The number of phenols is 1. The van der Waals surface area contributed by atoms with Crippen LogP contribution in [0.1, 0.15) is 6.42 Å². The molecule has 0 spiro atoms. The Balaban J connectivity index is 2.18. The van der Waals surface area contributed by atoms with Crippen LogP contribution in [0, 0.1) is 5.92 Å². The van der Waals surface area contributed by atoms with E-state index in [4.69, 9.17) is 10.5 Å². The van der Waals surface area contributed by atoms with Gasteiger partial charge in [0.1, 0.15) is 11.5 Å². The molecule has 1 unspecified atom stereocenters. The first-order chi connectivity index (χ1) is 8.10. The zero-order valence-corrected chi connectivity index (χ0v) is 9.72. The standard InChI is InChI=1S/C12H16N2O3/c1-17-11-5-9(4-10(15)6-11)14-3-2-8(7-14)12(13)16/h4-6,8,15H,2-3,7H2,1H3,(H2,13,16). The molecule has 0 saturated carbocycles. The van der Waals surface area contributed by atoms with Gasteiger partial charge in [0, 0.05) is 37.0 Å². The number of amides is 1. The van der Waals surface area contributed by atoms with Gasteiger partial charge in [-0.25, -0.2) is 0 Å². The lowest BCUT2D eigenvalue weighted by Gasteiger charge is -2.19. The van der Waals surface area contributed by atoms with Crippen molar-refractivity contribution >= 4 is 11.6 Å². The number of nitrogens with two attached hydrogens (primary N) is 1. The van der Waals surface area contributed by atoms with Crippen molar-refractivity contribution < 1.29 is 14.6 Å². The Morgan fingerprint density at radius 1 is 1.53 bits per heavy atom. The summed E-state index contributed by atoms with van der Waals surface area (Å²) in [4.78, 5) is 13.1. The Kier molecular flexibility index (Phi) is 3.08. The van der Waals surface area contributed by atoms with Crippen LogP contribution < -0.4 is 15.4 Å². The first kappa shape index (κ1) is 11.6. The number of methoxy groups -OCH3 is 1. The molecule has 1 saturated heterocycles. The number of aromatic hydroxyl groups is 1. The number of rotatable bonds is 3. The highest BCUT2D eigenvalue weighted by molar-refractivity contribution is 5.78. The number of hydrogen-bond acceptors (Lipinski definition) is 4. The summed E-state index contributed by atoms with van der Waals surface area (Å²) in [5, 5.41) is 9.56. The molecule has 2 rings (SSSR count). The molecule has 1 aliphatic rings. The van der Waals surface area contributed by atoms with Crippen molar-refractivity contribution in [3.63, 3.8) is 0 Å². The fraction of sp³-hybridized carbons (Fsp3) is 0.417. The summed E-state index contributed by atoms with van der Waals surface area (Å²) in [6, 6.07) is 5.04. The van der Waals surface area contributed by atoms with Crippen LogP contribution in [0.5, 0.6) is 11.5 Å². The summed E-state index contributed by atoms with van der Waals surface area (Å²) in [5.74, 6) is 0.382. The summed E-state index contributed by atoms with van der Waals surface area (Å²) in [5.41, 5.74) is 6.14. The zero-order valence-electron chi connectivity index (χ0n) is 9.72. The van der Waals surface area contributed by atoms with Crippen molar-refractivity contribution in [1.29, 1.82) is 0 Å². The lowest BCUT2D eigenvalue weighted by molar-refractivity contribution is -0.121. The van der Waals surface area contributed by atoms with Gasteiger partial charge in [0.15, 0.2) is 0 Å². The summed E-state index contributed by atoms with van der Waals surface area (Å²) in [7, 11) is 1.55. The molecule has 0 aromatic heterocycles. The highest BCUT2D eigenvalue weighted by Crippen LogP contribution is 2.30. The number of nitrogens with zero attached hydrogens (tertiary/aromatic N) is 1. The molecule has 1 aromatic rings. The second-order valence-corrected chi connectivity index (χ2v) is 4.22. The Morgan fingerprint density at radius 3 is 2.88 bits per heavy atom. The Hall–Kier alpha value is -1.91. The molecule has 1 aliphatic heterocycles. The van der Waals surface area contributed by atoms with Crippen LogP contribution in [-0.2, 0) is 4.79 Å². The topological polar surface area (TPSA) is 75.8 Å². The summed E-state index contributed by atoms with van der Waals surface area (Å²) >= 11 is 0. The number of ether oxygens (including phenoxy) is 1. The average molecular weight is 236 g/mol. The van der Waals surface area contributed by atoms with Gasteiger partial charge in [-0.3, -0.25) is 4.79 Å². The third kappa shape index (κ3) is 2.43. The minimum absolute atomic E-state index is 0.108. The van der Waals surface area contributed by atoms with Gasteiger partial charge >= 0.3 is 0 Å². The van der Waals surface area contributed by atoms with Crippen LogP contribution in [0.15, 0.2) is 18.2 Å². The molecule has 1 aromatic carbocycles. The molecular formula is C12H16N2O3. The van der Waals surface area contributed by atoms with Gasteiger partial charge in [-0.05, 0) is 6.42 Å². The van der Waals surface area contributed by atoms with Crippen LogP contribution >= 0.6 is 0 Å². The molecule has 0 bridgehead atoms. The number of anilines is 1. The van der Waals surface area contributed by atoms with Gasteiger partial charge in [0.05, 0.1) is 13.0 Å². The largest absolute Gasteiger partial charge is 0.508 e. The molecule has 1 amide bonds. The van der Waals surface area contributed by atoms with Crippen LogP contribution in [0.4, 0.5) is 5.69 Å². The van der Waals surface area contributed by atoms with E-state index in [2.05, 4.69) is 0 Å².